The smallest absolute Gasteiger partial charge is 0.263 e. The zero-order valence-corrected chi connectivity index (χ0v) is 14.5. The minimum absolute atomic E-state index is 0.0401. The van der Waals surface area contributed by atoms with Gasteiger partial charge < -0.3 is 9.73 Å². The first kappa shape index (κ1) is 16.2. The van der Waals surface area contributed by atoms with Crippen LogP contribution < -0.4 is 5.32 Å². The quantitative estimate of drug-likeness (QED) is 0.912. The van der Waals surface area contributed by atoms with E-state index >= 15 is 0 Å². The van der Waals surface area contributed by atoms with Crippen LogP contribution in [0.3, 0.4) is 0 Å². The number of carbonyl (C=O) groups is 1. The summed E-state index contributed by atoms with van der Waals surface area (Å²) in [6, 6.07) is 4.00. The maximum absolute atomic E-state index is 12.4. The predicted octanol–water partition coefficient (Wildman–Crippen LogP) is 3.31. The van der Waals surface area contributed by atoms with E-state index in [0.717, 1.165) is 29.6 Å². The third-order valence-electron chi connectivity index (χ3n) is 4.27. The average Bonchev–Trinajstić information content (AvgIpc) is 3.18. The number of hydrogen-bond donors (Lipinski definition) is 1. The van der Waals surface area contributed by atoms with Crippen molar-refractivity contribution in [3.8, 4) is 0 Å². The predicted molar refractivity (Wildman–Crippen MR) is 90.8 cm³/mol. The van der Waals surface area contributed by atoms with Gasteiger partial charge in [-0.15, -0.1) is 11.3 Å². The standard InChI is InChI=1S/C17H23N3O2S/c1-12-16(23-13(2)19-12)17(21)18-11-14(15-7-6-10-22-15)20-8-4-3-5-9-20/h6-7,10,14H,3-5,8-9,11H2,1-2H3,(H,18,21)/t14-/m1/s1. The minimum Gasteiger partial charge on any atom is -0.468 e. The highest BCUT2D eigenvalue weighted by molar-refractivity contribution is 7.13. The van der Waals surface area contributed by atoms with E-state index in [0.29, 0.717) is 11.4 Å². The number of aryl methyl sites for hydroxylation is 2. The molecule has 1 saturated heterocycles. The fourth-order valence-electron chi connectivity index (χ4n) is 3.13. The van der Waals surface area contributed by atoms with Crippen molar-refractivity contribution in [3.63, 3.8) is 0 Å². The first-order valence-corrected chi connectivity index (χ1v) is 8.96. The normalized spacial score (nSPS) is 17.1. The van der Waals surface area contributed by atoms with E-state index in [-0.39, 0.29) is 11.9 Å². The molecule has 1 fully saturated rings. The Labute approximate surface area is 140 Å². The molecule has 1 amide bonds. The van der Waals surface area contributed by atoms with Crippen LogP contribution in [0.4, 0.5) is 0 Å². The van der Waals surface area contributed by atoms with Crippen molar-refractivity contribution in [2.75, 3.05) is 19.6 Å². The molecule has 0 spiro atoms. The fourth-order valence-corrected chi connectivity index (χ4v) is 3.97. The van der Waals surface area contributed by atoms with Gasteiger partial charge in [0.2, 0.25) is 0 Å². The van der Waals surface area contributed by atoms with Crippen molar-refractivity contribution in [1.29, 1.82) is 0 Å². The van der Waals surface area contributed by atoms with Gasteiger partial charge in [0.15, 0.2) is 0 Å². The van der Waals surface area contributed by atoms with Gasteiger partial charge in [-0.25, -0.2) is 4.98 Å². The van der Waals surface area contributed by atoms with Gasteiger partial charge in [0, 0.05) is 6.54 Å². The largest absolute Gasteiger partial charge is 0.468 e. The van der Waals surface area contributed by atoms with E-state index in [1.165, 1.54) is 30.6 Å². The number of rotatable bonds is 5. The molecule has 1 aliphatic heterocycles. The third kappa shape index (κ3) is 3.82. The lowest BCUT2D eigenvalue weighted by atomic mass is 10.1. The molecule has 0 bridgehead atoms. The molecule has 0 saturated carbocycles. The van der Waals surface area contributed by atoms with E-state index in [9.17, 15) is 4.79 Å². The van der Waals surface area contributed by atoms with Gasteiger partial charge in [-0.05, 0) is 51.9 Å². The Hall–Kier alpha value is -1.66. The van der Waals surface area contributed by atoms with Gasteiger partial charge in [0.1, 0.15) is 10.6 Å². The first-order valence-electron chi connectivity index (χ1n) is 8.15. The van der Waals surface area contributed by atoms with Crippen molar-refractivity contribution < 1.29 is 9.21 Å². The van der Waals surface area contributed by atoms with Crippen molar-refractivity contribution in [2.24, 2.45) is 0 Å². The fraction of sp³-hybridized carbons (Fsp3) is 0.529. The molecule has 2 aromatic rings. The lowest BCUT2D eigenvalue weighted by molar-refractivity contribution is 0.0917. The Morgan fingerprint density at radius 3 is 2.78 bits per heavy atom. The van der Waals surface area contributed by atoms with E-state index in [4.69, 9.17) is 4.42 Å². The first-order chi connectivity index (χ1) is 11.1. The minimum atomic E-state index is -0.0401. The Morgan fingerprint density at radius 2 is 2.17 bits per heavy atom. The highest BCUT2D eigenvalue weighted by Crippen LogP contribution is 2.25. The van der Waals surface area contributed by atoms with Crippen LogP contribution in [0.5, 0.6) is 0 Å². The molecular weight excluding hydrogens is 310 g/mol. The maximum Gasteiger partial charge on any atom is 0.263 e. The van der Waals surface area contributed by atoms with Crippen molar-refractivity contribution in [3.05, 3.63) is 39.7 Å². The molecule has 23 heavy (non-hydrogen) atoms. The second kappa shape index (κ2) is 7.27. The highest BCUT2D eigenvalue weighted by atomic mass is 32.1. The number of aromatic nitrogens is 1. The van der Waals surface area contributed by atoms with Crippen LogP contribution in [0, 0.1) is 13.8 Å². The molecule has 0 radical (unpaired) electrons. The summed E-state index contributed by atoms with van der Waals surface area (Å²) in [7, 11) is 0. The number of likely N-dealkylation sites (tertiary alicyclic amines) is 1. The maximum atomic E-state index is 12.4. The van der Waals surface area contributed by atoms with Gasteiger partial charge in [-0.1, -0.05) is 6.42 Å². The van der Waals surface area contributed by atoms with Gasteiger partial charge >= 0.3 is 0 Å². The Bertz CT molecular complexity index is 645. The lowest BCUT2D eigenvalue weighted by Gasteiger charge is -2.33. The second-order valence-corrected chi connectivity index (χ2v) is 7.19. The summed E-state index contributed by atoms with van der Waals surface area (Å²) in [5.41, 5.74) is 0.803. The van der Waals surface area contributed by atoms with Crippen LogP contribution >= 0.6 is 11.3 Å². The summed E-state index contributed by atoms with van der Waals surface area (Å²) in [6.45, 7) is 6.48. The summed E-state index contributed by atoms with van der Waals surface area (Å²) in [6.07, 6.45) is 5.40. The molecule has 124 valence electrons. The van der Waals surface area contributed by atoms with Crippen LogP contribution in [-0.4, -0.2) is 35.4 Å². The van der Waals surface area contributed by atoms with Crippen LogP contribution in [-0.2, 0) is 0 Å². The SMILES string of the molecule is Cc1nc(C)c(C(=O)NC[C@H](c2ccco2)N2CCCCC2)s1. The number of nitrogens with zero attached hydrogens (tertiary/aromatic N) is 2. The topological polar surface area (TPSA) is 58.4 Å². The number of amides is 1. The number of nitrogens with one attached hydrogen (secondary N) is 1. The lowest BCUT2D eigenvalue weighted by Crippen LogP contribution is -2.40. The highest BCUT2D eigenvalue weighted by Gasteiger charge is 2.25. The molecule has 0 aliphatic carbocycles. The second-order valence-electron chi connectivity index (χ2n) is 5.99. The molecule has 0 unspecified atom stereocenters. The van der Waals surface area contributed by atoms with Crippen molar-refractivity contribution in [2.45, 2.75) is 39.2 Å². The molecule has 1 aliphatic rings. The van der Waals surface area contributed by atoms with Crippen molar-refractivity contribution >= 4 is 17.2 Å². The molecule has 0 aromatic carbocycles. The van der Waals surface area contributed by atoms with Crippen LogP contribution in [0.25, 0.3) is 0 Å². The van der Waals surface area contributed by atoms with Crippen LogP contribution in [0.1, 0.15) is 51.4 Å². The average molecular weight is 333 g/mol. The van der Waals surface area contributed by atoms with Crippen molar-refractivity contribution in [1.82, 2.24) is 15.2 Å². The number of carbonyl (C=O) groups excluding carboxylic acids is 1. The molecule has 5 nitrogen and oxygen atoms in total. The number of piperidine rings is 1. The van der Waals surface area contributed by atoms with Gasteiger partial charge in [0.25, 0.3) is 5.91 Å². The number of furan rings is 1. The Kier molecular flexibility index (Phi) is 5.13. The summed E-state index contributed by atoms with van der Waals surface area (Å²) in [5.74, 6) is 0.881. The monoisotopic (exact) mass is 333 g/mol. The molecule has 2 aromatic heterocycles. The molecule has 3 heterocycles. The summed E-state index contributed by atoms with van der Waals surface area (Å²) in [5, 5.41) is 3.99. The third-order valence-corrected chi connectivity index (χ3v) is 5.34. The molecule has 1 N–H and O–H groups in total. The molecule has 3 rings (SSSR count). The number of thiazole rings is 1. The van der Waals surface area contributed by atoms with Gasteiger partial charge in [-0.3, -0.25) is 9.69 Å². The van der Waals surface area contributed by atoms with Crippen LogP contribution in [0.2, 0.25) is 0 Å². The summed E-state index contributed by atoms with van der Waals surface area (Å²) >= 11 is 1.45. The Balaban J connectivity index is 1.69. The van der Waals surface area contributed by atoms with E-state index in [1.807, 2.05) is 26.0 Å². The number of hydrogen-bond acceptors (Lipinski definition) is 5. The molecule has 6 heteroatoms. The van der Waals surface area contributed by atoms with Gasteiger partial charge in [-0.2, -0.15) is 0 Å². The van der Waals surface area contributed by atoms with E-state index in [1.54, 1.807) is 6.26 Å². The van der Waals surface area contributed by atoms with Gasteiger partial charge in [0.05, 0.1) is 23.0 Å². The van der Waals surface area contributed by atoms with E-state index in [2.05, 4.69) is 15.2 Å². The summed E-state index contributed by atoms with van der Waals surface area (Å²) in [4.78, 5) is 19.9. The van der Waals surface area contributed by atoms with E-state index < -0.39 is 0 Å². The summed E-state index contributed by atoms with van der Waals surface area (Å²) < 4.78 is 5.61. The zero-order chi connectivity index (χ0) is 16.2. The molecular formula is C17H23N3O2S. The zero-order valence-electron chi connectivity index (χ0n) is 13.7. The van der Waals surface area contributed by atoms with Crippen LogP contribution in [0.15, 0.2) is 22.8 Å². The molecule has 1 atom stereocenters. The Morgan fingerprint density at radius 1 is 1.39 bits per heavy atom.